The quantitative estimate of drug-likeness (QED) is 0.206. The number of hydrogen-bond acceptors (Lipinski definition) is 9. The summed E-state index contributed by atoms with van der Waals surface area (Å²) < 4.78 is 27.5. The highest BCUT2D eigenvalue weighted by atomic mass is 32.2. The molecule has 6 rings (SSSR count). The molecule has 1 aliphatic heterocycles. The summed E-state index contributed by atoms with van der Waals surface area (Å²) in [5.74, 6) is 0.393. The SMILES string of the molecule is CN(C)CC=CC(=O)Nc1ccc(C(=O)N2CCC(Nc3cc(-c4cnc5c(ccn5S(=O)(=O)c5ccccc5)c4)ncn3)CC2)cc1. The van der Waals surface area contributed by atoms with Crippen LogP contribution in [-0.2, 0) is 14.8 Å². The van der Waals surface area contributed by atoms with Crippen LogP contribution < -0.4 is 10.6 Å². The maximum Gasteiger partial charge on any atom is 0.269 e. The van der Waals surface area contributed by atoms with Crippen LogP contribution in [0, 0.1) is 0 Å². The van der Waals surface area contributed by atoms with Gasteiger partial charge in [0.15, 0.2) is 5.65 Å². The topological polar surface area (TPSA) is 142 Å². The van der Waals surface area contributed by atoms with E-state index in [-0.39, 0.29) is 22.8 Å². The van der Waals surface area contributed by atoms with Crippen molar-refractivity contribution in [1.29, 1.82) is 0 Å². The van der Waals surface area contributed by atoms with E-state index in [2.05, 4.69) is 25.6 Å². The van der Waals surface area contributed by atoms with Crippen molar-refractivity contribution in [2.75, 3.05) is 44.4 Å². The van der Waals surface area contributed by atoms with Crippen LogP contribution in [0.25, 0.3) is 22.3 Å². The van der Waals surface area contributed by atoms with Gasteiger partial charge in [-0.1, -0.05) is 24.3 Å². The fourth-order valence-corrected chi connectivity index (χ4v) is 6.83. The number of nitrogens with one attached hydrogen (secondary N) is 2. The first-order valence-electron chi connectivity index (χ1n) is 15.6. The fourth-order valence-electron chi connectivity index (χ4n) is 5.50. The molecule has 0 bridgehead atoms. The molecule has 0 unspecified atom stereocenters. The Morgan fingerprint density at radius 3 is 2.44 bits per heavy atom. The number of hydrogen-bond donors (Lipinski definition) is 2. The number of likely N-dealkylation sites (tertiary alicyclic amines) is 1. The van der Waals surface area contributed by atoms with E-state index in [1.807, 2.05) is 36.0 Å². The maximum atomic E-state index is 13.2. The number of carbonyl (C=O) groups is 2. The largest absolute Gasteiger partial charge is 0.367 e. The summed E-state index contributed by atoms with van der Waals surface area (Å²) in [6.07, 6.45) is 9.38. The van der Waals surface area contributed by atoms with Crippen molar-refractivity contribution in [2.24, 2.45) is 0 Å². The number of nitrogens with zero attached hydrogens (tertiary/aromatic N) is 6. The lowest BCUT2D eigenvalue weighted by molar-refractivity contribution is -0.111. The Morgan fingerprint density at radius 1 is 0.958 bits per heavy atom. The molecule has 2 amide bonds. The first-order chi connectivity index (χ1) is 23.2. The van der Waals surface area contributed by atoms with E-state index in [0.717, 1.165) is 18.4 Å². The lowest BCUT2D eigenvalue weighted by Gasteiger charge is -2.32. The molecule has 246 valence electrons. The molecule has 0 aliphatic carbocycles. The van der Waals surface area contributed by atoms with Crippen LogP contribution in [0.5, 0.6) is 0 Å². The van der Waals surface area contributed by atoms with Crippen LogP contribution in [0.15, 0.2) is 109 Å². The van der Waals surface area contributed by atoms with Gasteiger partial charge in [0.2, 0.25) is 5.91 Å². The average Bonchev–Trinajstić information content (AvgIpc) is 3.53. The molecule has 1 aliphatic rings. The summed E-state index contributed by atoms with van der Waals surface area (Å²) >= 11 is 0. The first kappa shape index (κ1) is 32.5. The average molecular weight is 665 g/mol. The standard InChI is InChI=1S/C35H36N8O4S/c1-41(2)17-6-9-33(44)40-28-12-10-25(11-13-28)35(45)42-18-15-29(16-19-42)39-32-22-31(37-24-38-32)27-21-26-14-20-43(34(26)36-23-27)48(46,47)30-7-4-3-5-8-30/h3-14,20-24,29H,15-19H2,1-2H3,(H,40,44)(H,37,38,39). The van der Waals surface area contributed by atoms with Crippen LogP contribution in [0.4, 0.5) is 11.5 Å². The predicted octanol–water partition coefficient (Wildman–Crippen LogP) is 4.50. The van der Waals surface area contributed by atoms with E-state index in [1.165, 1.54) is 22.6 Å². The van der Waals surface area contributed by atoms with Gasteiger partial charge in [-0.3, -0.25) is 9.59 Å². The van der Waals surface area contributed by atoms with Gasteiger partial charge in [0.05, 0.1) is 10.6 Å². The van der Waals surface area contributed by atoms with Gasteiger partial charge in [-0.2, -0.15) is 0 Å². The lowest BCUT2D eigenvalue weighted by Crippen LogP contribution is -2.42. The Kier molecular flexibility index (Phi) is 9.60. The highest BCUT2D eigenvalue weighted by Gasteiger charge is 2.24. The number of rotatable bonds is 10. The highest BCUT2D eigenvalue weighted by molar-refractivity contribution is 7.90. The van der Waals surface area contributed by atoms with Gasteiger partial charge in [0.25, 0.3) is 15.9 Å². The highest BCUT2D eigenvalue weighted by Crippen LogP contribution is 2.26. The number of aromatic nitrogens is 4. The molecule has 0 atom stereocenters. The van der Waals surface area contributed by atoms with Crippen LogP contribution in [0.2, 0.25) is 0 Å². The van der Waals surface area contributed by atoms with E-state index in [1.54, 1.807) is 72.9 Å². The normalized spacial score (nSPS) is 14.1. The zero-order chi connectivity index (χ0) is 33.7. The molecule has 0 saturated carbocycles. The Bertz CT molecular complexity index is 2050. The minimum atomic E-state index is -3.78. The van der Waals surface area contributed by atoms with Crippen molar-refractivity contribution in [1.82, 2.24) is 28.7 Å². The second-order valence-corrected chi connectivity index (χ2v) is 13.6. The summed E-state index contributed by atoms with van der Waals surface area (Å²) in [6.45, 7) is 1.85. The van der Waals surface area contributed by atoms with Gasteiger partial charge in [-0.25, -0.2) is 27.3 Å². The van der Waals surface area contributed by atoms with Crippen molar-refractivity contribution >= 4 is 44.4 Å². The van der Waals surface area contributed by atoms with Crippen LogP contribution in [0.3, 0.4) is 0 Å². The molecule has 12 nitrogen and oxygen atoms in total. The summed E-state index contributed by atoms with van der Waals surface area (Å²) in [4.78, 5) is 42.6. The summed E-state index contributed by atoms with van der Waals surface area (Å²) in [6, 6.07) is 20.7. The Morgan fingerprint density at radius 2 is 1.71 bits per heavy atom. The number of pyridine rings is 1. The number of piperidine rings is 1. The monoisotopic (exact) mass is 664 g/mol. The van der Waals surface area contributed by atoms with Gasteiger partial charge in [-0.05, 0) is 75.5 Å². The number of amides is 2. The van der Waals surface area contributed by atoms with Gasteiger partial charge in [-0.15, -0.1) is 0 Å². The minimum absolute atomic E-state index is 0.0465. The van der Waals surface area contributed by atoms with E-state index in [4.69, 9.17) is 0 Å². The maximum absolute atomic E-state index is 13.2. The molecular formula is C35H36N8O4S. The molecule has 5 aromatic rings. The Balaban J connectivity index is 1.05. The molecule has 4 heterocycles. The third-order valence-electron chi connectivity index (χ3n) is 8.03. The molecule has 2 N–H and O–H groups in total. The molecule has 1 fully saturated rings. The second kappa shape index (κ2) is 14.2. The summed E-state index contributed by atoms with van der Waals surface area (Å²) in [5, 5.41) is 6.96. The third kappa shape index (κ3) is 7.42. The van der Waals surface area contributed by atoms with Crippen molar-refractivity contribution in [3.8, 4) is 11.3 Å². The van der Waals surface area contributed by atoms with Gasteiger partial charge in [0, 0.05) is 72.4 Å². The number of anilines is 2. The molecule has 13 heteroatoms. The molecular weight excluding hydrogens is 629 g/mol. The van der Waals surface area contributed by atoms with Gasteiger partial charge < -0.3 is 20.4 Å². The van der Waals surface area contributed by atoms with Crippen LogP contribution >= 0.6 is 0 Å². The van der Waals surface area contributed by atoms with Gasteiger partial charge in [0.1, 0.15) is 12.1 Å². The third-order valence-corrected chi connectivity index (χ3v) is 9.71. The van der Waals surface area contributed by atoms with E-state index in [0.29, 0.717) is 53.4 Å². The first-order valence-corrected chi connectivity index (χ1v) is 17.0. The lowest BCUT2D eigenvalue weighted by atomic mass is 10.0. The number of carbonyl (C=O) groups excluding carboxylic acids is 2. The van der Waals surface area contributed by atoms with Crippen molar-refractivity contribution in [3.63, 3.8) is 0 Å². The number of likely N-dealkylation sites (N-methyl/N-ethyl adjacent to an activating group) is 1. The number of benzene rings is 2. The van der Waals surface area contributed by atoms with Crippen LogP contribution in [-0.4, -0.2) is 88.7 Å². The van der Waals surface area contributed by atoms with E-state index >= 15 is 0 Å². The van der Waals surface area contributed by atoms with E-state index < -0.39 is 10.0 Å². The minimum Gasteiger partial charge on any atom is -0.367 e. The molecule has 0 spiro atoms. The summed E-state index contributed by atoms with van der Waals surface area (Å²) in [7, 11) is 0.0762. The molecule has 48 heavy (non-hydrogen) atoms. The number of fused-ring (bicyclic) bond motifs is 1. The molecule has 2 aromatic carbocycles. The summed E-state index contributed by atoms with van der Waals surface area (Å²) in [5.41, 5.74) is 2.92. The van der Waals surface area contributed by atoms with Gasteiger partial charge >= 0.3 is 0 Å². The van der Waals surface area contributed by atoms with Crippen molar-refractivity contribution < 1.29 is 18.0 Å². The van der Waals surface area contributed by atoms with E-state index in [9.17, 15) is 18.0 Å². The van der Waals surface area contributed by atoms with Crippen LogP contribution in [0.1, 0.15) is 23.2 Å². The predicted molar refractivity (Wildman–Crippen MR) is 185 cm³/mol. The zero-order valence-corrected chi connectivity index (χ0v) is 27.5. The fraction of sp³-hybridized carbons (Fsp3) is 0.229. The smallest absolute Gasteiger partial charge is 0.269 e. The zero-order valence-electron chi connectivity index (χ0n) is 26.7. The second-order valence-electron chi connectivity index (χ2n) is 11.8. The molecule has 0 radical (unpaired) electrons. The Hall–Kier alpha value is -5.40. The Labute approximate surface area is 279 Å². The molecule has 3 aromatic heterocycles. The molecule has 1 saturated heterocycles. The van der Waals surface area contributed by atoms with Crippen molar-refractivity contribution in [2.45, 2.75) is 23.8 Å². The van der Waals surface area contributed by atoms with Crippen molar-refractivity contribution in [3.05, 3.63) is 109 Å².